The van der Waals surface area contributed by atoms with Crippen LogP contribution in [0.3, 0.4) is 0 Å². The van der Waals surface area contributed by atoms with E-state index >= 15 is 0 Å². The minimum atomic E-state index is -0.582. The number of ether oxygens (including phenoxy) is 3. The lowest BCUT2D eigenvalue weighted by atomic mass is 10.1. The zero-order valence-electron chi connectivity index (χ0n) is 16.9. The van der Waals surface area contributed by atoms with Crippen molar-refractivity contribution in [1.29, 1.82) is 0 Å². The second-order valence-corrected chi connectivity index (χ2v) is 8.23. The third kappa shape index (κ3) is 7.96. The molecule has 0 aliphatic carbocycles. The molecule has 0 radical (unpaired) electrons. The summed E-state index contributed by atoms with van der Waals surface area (Å²) in [5, 5.41) is 0. The summed E-state index contributed by atoms with van der Waals surface area (Å²) in [6.07, 6.45) is 1.94. The molecule has 156 valence electrons. The maximum absolute atomic E-state index is 12.0. The minimum absolute atomic E-state index is 0.325. The van der Waals surface area contributed by atoms with Crippen molar-refractivity contribution in [2.75, 3.05) is 19.8 Å². The van der Waals surface area contributed by atoms with E-state index in [1.165, 1.54) is 0 Å². The molecular formula is C23H26Br2O4. The van der Waals surface area contributed by atoms with Crippen LogP contribution in [0.5, 0.6) is 5.75 Å². The first-order valence-corrected chi connectivity index (χ1v) is 11.1. The maximum Gasteiger partial charge on any atom is 0.335 e. The van der Waals surface area contributed by atoms with Crippen molar-refractivity contribution in [3.8, 4) is 5.75 Å². The summed E-state index contributed by atoms with van der Waals surface area (Å²) in [6.45, 7) is 7.00. The number of esters is 1. The molecular weight excluding hydrogens is 500 g/mol. The third-order valence-corrected chi connectivity index (χ3v) is 5.13. The van der Waals surface area contributed by atoms with E-state index in [-0.39, 0.29) is 5.97 Å². The Morgan fingerprint density at radius 2 is 1.69 bits per heavy atom. The smallest absolute Gasteiger partial charge is 0.335 e. The number of allylic oxidation sites excluding steroid dienone is 1. The van der Waals surface area contributed by atoms with Crippen LogP contribution >= 0.6 is 31.9 Å². The Hall–Kier alpha value is -1.63. The van der Waals surface area contributed by atoms with Gasteiger partial charge in [-0.05, 0) is 73.9 Å². The highest BCUT2D eigenvalue weighted by molar-refractivity contribution is 9.11. The molecule has 0 unspecified atom stereocenters. The SMILES string of the molecule is CCOC(=O)[C@H](Cc1ccc(OCC=C(C)c2cc(Br)cc(Br)c2)cc1)OCC. The summed E-state index contributed by atoms with van der Waals surface area (Å²) in [4.78, 5) is 12.0. The van der Waals surface area contributed by atoms with Crippen molar-refractivity contribution >= 4 is 43.4 Å². The van der Waals surface area contributed by atoms with Crippen molar-refractivity contribution in [1.82, 2.24) is 0 Å². The molecule has 0 saturated carbocycles. The number of halogens is 2. The van der Waals surface area contributed by atoms with Gasteiger partial charge < -0.3 is 14.2 Å². The summed E-state index contributed by atoms with van der Waals surface area (Å²) < 4.78 is 18.5. The maximum atomic E-state index is 12.0. The molecule has 1 atom stereocenters. The second-order valence-electron chi connectivity index (χ2n) is 6.40. The van der Waals surface area contributed by atoms with E-state index in [0.29, 0.717) is 26.2 Å². The Bertz CT molecular complexity index is 811. The number of carbonyl (C=O) groups is 1. The number of hydrogen-bond acceptors (Lipinski definition) is 4. The molecule has 0 bridgehead atoms. The molecule has 2 aromatic rings. The van der Waals surface area contributed by atoms with Crippen LogP contribution in [-0.2, 0) is 20.7 Å². The Labute approximate surface area is 189 Å². The molecule has 0 aliphatic heterocycles. The van der Waals surface area contributed by atoms with Gasteiger partial charge in [0.15, 0.2) is 6.10 Å². The van der Waals surface area contributed by atoms with E-state index in [1.54, 1.807) is 6.92 Å². The van der Waals surface area contributed by atoms with Crippen molar-refractivity contribution in [2.45, 2.75) is 33.3 Å². The molecule has 2 aromatic carbocycles. The van der Waals surface area contributed by atoms with Gasteiger partial charge in [-0.1, -0.05) is 44.0 Å². The van der Waals surface area contributed by atoms with Gasteiger partial charge >= 0.3 is 5.97 Å². The topological polar surface area (TPSA) is 44.8 Å². The Balaban J connectivity index is 1.93. The van der Waals surface area contributed by atoms with E-state index in [1.807, 2.05) is 43.3 Å². The quantitative estimate of drug-likeness (QED) is 0.346. The first-order chi connectivity index (χ1) is 13.9. The van der Waals surface area contributed by atoms with Crippen molar-refractivity contribution in [2.24, 2.45) is 0 Å². The highest BCUT2D eigenvalue weighted by atomic mass is 79.9. The van der Waals surface area contributed by atoms with Crippen LogP contribution in [0.1, 0.15) is 31.9 Å². The van der Waals surface area contributed by atoms with Gasteiger partial charge in [0.1, 0.15) is 12.4 Å². The van der Waals surface area contributed by atoms with Crippen LogP contribution in [0.25, 0.3) is 5.57 Å². The van der Waals surface area contributed by atoms with E-state index in [2.05, 4.69) is 50.9 Å². The lowest BCUT2D eigenvalue weighted by molar-refractivity contribution is -0.156. The summed E-state index contributed by atoms with van der Waals surface area (Å²) in [5.41, 5.74) is 3.26. The molecule has 0 N–H and O–H groups in total. The van der Waals surface area contributed by atoms with Crippen LogP contribution in [0.15, 0.2) is 57.5 Å². The third-order valence-electron chi connectivity index (χ3n) is 4.22. The Kier molecular flexibility index (Phi) is 9.91. The fourth-order valence-electron chi connectivity index (χ4n) is 2.74. The predicted molar refractivity (Wildman–Crippen MR) is 123 cm³/mol. The van der Waals surface area contributed by atoms with Gasteiger partial charge in [0.25, 0.3) is 0 Å². The number of carbonyl (C=O) groups excluding carboxylic acids is 1. The zero-order chi connectivity index (χ0) is 21.2. The van der Waals surface area contributed by atoms with E-state index in [9.17, 15) is 4.79 Å². The fourth-order valence-corrected chi connectivity index (χ4v) is 4.04. The van der Waals surface area contributed by atoms with Gasteiger partial charge in [0, 0.05) is 22.0 Å². The lowest BCUT2D eigenvalue weighted by Crippen LogP contribution is -2.28. The molecule has 0 spiro atoms. The van der Waals surface area contributed by atoms with Crippen LogP contribution in [0.4, 0.5) is 0 Å². The molecule has 29 heavy (non-hydrogen) atoms. The van der Waals surface area contributed by atoms with Crippen LogP contribution in [0.2, 0.25) is 0 Å². The summed E-state index contributed by atoms with van der Waals surface area (Å²) in [7, 11) is 0. The highest BCUT2D eigenvalue weighted by Crippen LogP contribution is 2.24. The zero-order valence-corrected chi connectivity index (χ0v) is 20.1. The van der Waals surface area contributed by atoms with Gasteiger partial charge in [-0.2, -0.15) is 0 Å². The van der Waals surface area contributed by atoms with Crippen molar-refractivity contribution in [3.63, 3.8) is 0 Å². The molecule has 0 aromatic heterocycles. The number of benzene rings is 2. The molecule has 0 heterocycles. The normalized spacial score (nSPS) is 12.5. The van der Waals surface area contributed by atoms with Crippen LogP contribution in [-0.4, -0.2) is 31.9 Å². The molecule has 0 saturated heterocycles. The van der Waals surface area contributed by atoms with Crippen LogP contribution < -0.4 is 4.74 Å². The molecule has 0 fully saturated rings. The molecule has 6 heteroatoms. The lowest BCUT2D eigenvalue weighted by Gasteiger charge is -2.15. The van der Waals surface area contributed by atoms with Gasteiger partial charge in [-0.3, -0.25) is 0 Å². The minimum Gasteiger partial charge on any atom is -0.490 e. The second kappa shape index (κ2) is 12.2. The summed E-state index contributed by atoms with van der Waals surface area (Å²) in [5.74, 6) is 0.451. The fraction of sp³-hybridized carbons (Fsp3) is 0.348. The Morgan fingerprint density at radius 1 is 1.03 bits per heavy atom. The van der Waals surface area contributed by atoms with Crippen molar-refractivity contribution in [3.05, 3.63) is 68.6 Å². The number of rotatable bonds is 10. The molecule has 4 nitrogen and oxygen atoms in total. The average Bonchev–Trinajstić information content (AvgIpc) is 2.68. The van der Waals surface area contributed by atoms with Gasteiger partial charge in [0.2, 0.25) is 0 Å². The first-order valence-electron chi connectivity index (χ1n) is 9.56. The molecule has 0 amide bonds. The van der Waals surface area contributed by atoms with Crippen LogP contribution in [0, 0.1) is 0 Å². The monoisotopic (exact) mass is 524 g/mol. The van der Waals surface area contributed by atoms with E-state index < -0.39 is 6.10 Å². The summed E-state index contributed by atoms with van der Waals surface area (Å²) in [6, 6.07) is 13.9. The predicted octanol–water partition coefficient (Wildman–Crippen LogP) is 6.20. The van der Waals surface area contributed by atoms with E-state index in [4.69, 9.17) is 14.2 Å². The van der Waals surface area contributed by atoms with Gasteiger partial charge in [-0.15, -0.1) is 0 Å². The number of hydrogen-bond donors (Lipinski definition) is 0. The first kappa shape index (κ1) is 23.6. The van der Waals surface area contributed by atoms with E-state index in [0.717, 1.165) is 31.4 Å². The van der Waals surface area contributed by atoms with Crippen molar-refractivity contribution < 1.29 is 19.0 Å². The van der Waals surface area contributed by atoms with Gasteiger partial charge in [-0.25, -0.2) is 4.79 Å². The molecule has 0 aliphatic rings. The van der Waals surface area contributed by atoms with Gasteiger partial charge in [0.05, 0.1) is 6.61 Å². The molecule has 2 rings (SSSR count). The standard InChI is InChI=1S/C23H26Br2O4/c1-4-27-22(23(26)28-5-2)12-17-6-8-21(9-7-17)29-11-10-16(3)18-13-19(24)15-20(25)14-18/h6-10,13-15,22H,4-5,11-12H2,1-3H3/t22-/m0/s1. The average molecular weight is 526 g/mol. The summed E-state index contributed by atoms with van der Waals surface area (Å²) >= 11 is 7.02. The largest absolute Gasteiger partial charge is 0.490 e. The highest BCUT2D eigenvalue weighted by Gasteiger charge is 2.20. The Morgan fingerprint density at radius 3 is 2.28 bits per heavy atom.